The van der Waals surface area contributed by atoms with Crippen LogP contribution in [0, 0.1) is 0 Å². The molecule has 2 aromatic carbocycles. The van der Waals surface area contributed by atoms with Crippen molar-refractivity contribution in [3.05, 3.63) is 60.2 Å². The minimum absolute atomic E-state index is 0.0217. The predicted molar refractivity (Wildman–Crippen MR) is 120 cm³/mol. The van der Waals surface area contributed by atoms with E-state index in [1.54, 1.807) is 4.90 Å². The summed E-state index contributed by atoms with van der Waals surface area (Å²) >= 11 is 0. The Morgan fingerprint density at radius 3 is 2.17 bits per heavy atom. The van der Waals surface area contributed by atoms with Crippen molar-refractivity contribution in [3.8, 4) is 11.1 Å². The van der Waals surface area contributed by atoms with Crippen LogP contribution in [0.2, 0.25) is 0 Å². The van der Waals surface area contributed by atoms with Gasteiger partial charge in [-0.05, 0) is 42.9 Å². The van der Waals surface area contributed by atoms with Crippen LogP contribution in [0.5, 0.6) is 0 Å². The molecule has 30 heavy (non-hydrogen) atoms. The number of amides is 2. The maximum absolute atomic E-state index is 13.0. The first-order valence-electron chi connectivity index (χ1n) is 11.3. The van der Waals surface area contributed by atoms with E-state index < -0.39 is 5.54 Å². The van der Waals surface area contributed by atoms with Crippen LogP contribution in [0.3, 0.4) is 0 Å². The van der Waals surface area contributed by atoms with Gasteiger partial charge in [-0.3, -0.25) is 9.59 Å². The SMILES string of the molecule is CC1(C(=O)NC2CCCCCC2)CCN1C(=O)Cc1ccc(-c2ccccc2)cc1. The van der Waals surface area contributed by atoms with E-state index in [2.05, 4.69) is 29.6 Å². The molecule has 1 aliphatic heterocycles. The normalized spacial score (nSPS) is 22.1. The number of benzene rings is 2. The predicted octanol–water partition coefficient (Wildman–Crippen LogP) is 4.73. The molecule has 1 unspecified atom stereocenters. The van der Waals surface area contributed by atoms with Gasteiger partial charge in [0.05, 0.1) is 6.42 Å². The molecule has 0 aromatic heterocycles. The maximum atomic E-state index is 13.0. The number of nitrogens with one attached hydrogen (secondary N) is 1. The zero-order valence-corrected chi connectivity index (χ0v) is 17.9. The van der Waals surface area contributed by atoms with Crippen molar-refractivity contribution in [2.75, 3.05) is 6.54 Å². The second-order valence-electron chi connectivity index (χ2n) is 8.97. The quantitative estimate of drug-likeness (QED) is 0.733. The summed E-state index contributed by atoms with van der Waals surface area (Å²) in [7, 11) is 0. The zero-order valence-electron chi connectivity index (χ0n) is 17.9. The highest BCUT2D eigenvalue weighted by atomic mass is 16.2. The van der Waals surface area contributed by atoms with Crippen LogP contribution in [0.15, 0.2) is 54.6 Å². The van der Waals surface area contributed by atoms with Gasteiger partial charge < -0.3 is 10.2 Å². The van der Waals surface area contributed by atoms with Crippen LogP contribution in [-0.2, 0) is 16.0 Å². The molecule has 2 aromatic rings. The molecule has 158 valence electrons. The van der Waals surface area contributed by atoms with Crippen LogP contribution in [0.1, 0.15) is 57.4 Å². The summed E-state index contributed by atoms with van der Waals surface area (Å²) in [4.78, 5) is 27.7. The third-order valence-electron chi connectivity index (χ3n) is 6.81. The third kappa shape index (κ3) is 4.43. The highest BCUT2D eigenvalue weighted by Crippen LogP contribution is 2.32. The van der Waals surface area contributed by atoms with Crippen LogP contribution in [-0.4, -0.2) is 34.8 Å². The van der Waals surface area contributed by atoms with Gasteiger partial charge in [0, 0.05) is 12.6 Å². The van der Waals surface area contributed by atoms with E-state index in [1.165, 1.54) is 31.2 Å². The minimum atomic E-state index is -0.701. The van der Waals surface area contributed by atoms with Gasteiger partial charge in [-0.2, -0.15) is 0 Å². The van der Waals surface area contributed by atoms with Gasteiger partial charge in [0.25, 0.3) is 0 Å². The summed E-state index contributed by atoms with van der Waals surface area (Å²) in [5.41, 5.74) is 2.59. The molecular formula is C26H32N2O2. The van der Waals surface area contributed by atoms with E-state index in [-0.39, 0.29) is 17.9 Å². The summed E-state index contributed by atoms with van der Waals surface area (Å²) < 4.78 is 0. The fourth-order valence-corrected chi connectivity index (χ4v) is 4.68. The number of hydrogen-bond acceptors (Lipinski definition) is 2. The van der Waals surface area contributed by atoms with Crippen molar-refractivity contribution in [2.24, 2.45) is 0 Å². The Hall–Kier alpha value is -2.62. The molecule has 1 atom stereocenters. The molecule has 1 aliphatic carbocycles. The molecule has 0 radical (unpaired) electrons. The number of hydrogen-bond donors (Lipinski definition) is 1. The summed E-state index contributed by atoms with van der Waals surface area (Å²) in [5.74, 6) is 0.0562. The van der Waals surface area contributed by atoms with E-state index in [1.807, 2.05) is 37.3 Å². The fourth-order valence-electron chi connectivity index (χ4n) is 4.68. The van der Waals surface area contributed by atoms with Crippen molar-refractivity contribution < 1.29 is 9.59 Å². The molecule has 0 bridgehead atoms. The first-order valence-corrected chi connectivity index (χ1v) is 11.3. The van der Waals surface area contributed by atoms with Crippen molar-refractivity contribution in [1.29, 1.82) is 0 Å². The van der Waals surface area contributed by atoms with Crippen LogP contribution < -0.4 is 5.32 Å². The Morgan fingerprint density at radius 2 is 1.57 bits per heavy atom. The highest BCUT2D eigenvalue weighted by molar-refractivity contribution is 5.93. The molecule has 2 fully saturated rings. The summed E-state index contributed by atoms with van der Waals surface area (Å²) in [6.45, 7) is 2.58. The average molecular weight is 405 g/mol. The lowest BCUT2D eigenvalue weighted by Crippen LogP contribution is -2.68. The van der Waals surface area contributed by atoms with Crippen molar-refractivity contribution in [1.82, 2.24) is 10.2 Å². The molecule has 0 spiro atoms. The van der Waals surface area contributed by atoms with Gasteiger partial charge >= 0.3 is 0 Å². The zero-order chi connectivity index (χ0) is 21.0. The fraction of sp³-hybridized carbons (Fsp3) is 0.462. The standard InChI is InChI=1S/C26H32N2O2/c1-26(25(30)27-23-11-7-2-3-8-12-23)17-18-28(26)24(29)19-20-13-15-22(16-14-20)21-9-5-4-6-10-21/h4-6,9-10,13-16,23H,2-3,7-8,11-12,17-19H2,1H3,(H,27,30). The monoisotopic (exact) mass is 404 g/mol. The smallest absolute Gasteiger partial charge is 0.245 e. The lowest BCUT2D eigenvalue weighted by Gasteiger charge is -2.49. The van der Waals surface area contributed by atoms with E-state index in [9.17, 15) is 9.59 Å². The Kier molecular flexibility index (Phi) is 6.21. The van der Waals surface area contributed by atoms with Gasteiger partial charge in [0.2, 0.25) is 11.8 Å². The second-order valence-corrected chi connectivity index (χ2v) is 8.97. The molecule has 2 aliphatic rings. The van der Waals surface area contributed by atoms with Gasteiger partial charge in [-0.15, -0.1) is 0 Å². The molecule has 4 nitrogen and oxygen atoms in total. The number of carbonyl (C=O) groups excluding carboxylic acids is 2. The third-order valence-corrected chi connectivity index (χ3v) is 6.81. The molecule has 1 saturated heterocycles. The Bertz CT molecular complexity index is 870. The highest BCUT2D eigenvalue weighted by Gasteiger charge is 2.49. The molecule has 4 rings (SSSR count). The average Bonchev–Trinajstić information content (AvgIpc) is 3.02. The Labute approximate surface area is 179 Å². The Balaban J connectivity index is 1.36. The maximum Gasteiger partial charge on any atom is 0.245 e. The molecule has 1 saturated carbocycles. The van der Waals surface area contributed by atoms with Gasteiger partial charge in [0.15, 0.2) is 0 Å². The molecule has 1 N–H and O–H groups in total. The lowest BCUT2D eigenvalue weighted by atomic mass is 9.84. The summed E-state index contributed by atoms with van der Waals surface area (Å²) in [5, 5.41) is 3.24. The molecule has 2 amide bonds. The van der Waals surface area contributed by atoms with E-state index >= 15 is 0 Å². The van der Waals surface area contributed by atoms with Crippen molar-refractivity contribution in [2.45, 2.75) is 69.9 Å². The number of nitrogens with zero attached hydrogens (tertiary/aromatic N) is 1. The molecule has 1 heterocycles. The van der Waals surface area contributed by atoms with E-state index in [0.29, 0.717) is 13.0 Å². The molecular weight excluding hydrogens is 372 g/mol. The van der Waals surface area contributed by atoms with E-state index in [0.717, 1.165) is 30.4 Å². The summed E-state index contributed by atoms with van der Waals surface area (Å²) in [6.07, 6.45) is 8.08. The number of carbonyl (C=O) groups is 2. The van der Waals surface area contributed by atoms with E-state index in [4.69, 9.17) is 0 Å². The van der Waals surface area contributed by atoms with Crippen LogP contribution in [0.4, 0.5) is 0 Å². The largest absolute Gasteiger partial charge is 0.351 e. The number of rotatable bonds is 5. The summed E-state index contributed by atoms with van der Waals surface area (Å²) in [6, 6.07) is 18.6. The lowest BCUT2D eigenvalue weighted by molar-refractivity contribution is -0.157. The van der Waals surface area contributed by atoms with Gasteiger partial charge in [0.1, 0.15) is 5.54 Å². The van der Waals surface area contributed by atoms with Crippen LogP contribution >= 0.6 is 0 Å². The minimum Gasteiger partial charge on any atom is -0.351 e. The van der Waals surface area contributed by atoms with Gasteiger partial charge in [-0.25, -0.2) is 0 Å². The topological polar surface area (TPSA) is 49.4 Å². The van der Waals surface area contributed by atoms with Gasteiger partial charge in [-0.1, -0.05) is 80.3 Å². The molecule has 4 heteroatoms. The first kappa shape index (κ1) is 20.6. The van der Waals surface area contributed by atoms with Crippen LogP contribution in [0.25, 0.3) is 11.1 Å². The second kappa shape index (κ2) is 9.03. The Morgan fingerprint density at radius 1 is 0.933 bits per heavy atom. The number of likely N-dealkylation sites (tertiary alicyclic amines) is 1. The first-order chi connectivity index (χ1) is 14.6. The van der Waals surface area contributed by atoms with Crippen molar-refractivity contribution in [3.63, 3.8) is 0 Å². The van der Waals surface area contributed by atoms with Crippen molar-refractivity contribution >= 4 is 11.8 Å².